The van der Waals surface area contributed by atoms with Crippen LogP contribution in [-0.4, -0.2) is 28.7 Å². The lowest BCUT2D eigenvalue weighted by Gasteiger charge is -2.27. The van der Waals surface area contributed by atoms with Crippen LogP contribution in [0.25, 0.3) is 0 Å². The zero-order valence-corrected chi connectivity index (χ0v) is 16.0. The van der Waals surface area contributed by atoms with Gasteiger partial charge in [-0.1, -0.05) is 48.5 Å². The molecule has 1 aliphatic heterocycles. The van der Waals surface area contributed by atoms with Crippen LogP contribution in [0.2, 0.25) is 0 Å². The maximum atomic E-state index is 12.7. The van der Waals surface area contributed by atoms with Gasteiger partial charge in [-0.15, -0.1) is 11.8 Å². The van der Waals surface area contributed by atoms with Crippen molar-refractivity contribution in [3.63, 3.8) is 0 Å². The lowest BCUT2D eigenvalue weighted by Crippen LogP contribution is -2.39. The Labute approximate surface area is 167 Å². The molecule has 0 fully saturated rings. The number of anilines is 1. The van der Waals surface area contributed by atoms with Crippen LogP contribution in [-0.2, 0) is 16.1 Å². The first-order chi connectivity index (χ1) is 13.7. The summed E-state index contributed by atoms with van der Waals surface area (Å²) in [5.41, 5.74) is 2.47. The van der Waals surface area contributed by atoms with Gasteiger partial charge < -0.3 is 9.47 Å². The first kappa shape index (κ1) is 18.3. The van der Waals surface area contributed by atoms with Crippen LogP contribution in [0.5, 0.6) is 0 Å². The Morgan fingerprint density at radius 2 is 1.71 bits per heavy atom. The van der Waals surface area contributed by atoms with Gasteiger partial charge in [0.2, 0.25) is 5.91 Å². The molecule has 28 heavy (non-hydrogen) atoms. The van der Waals surface area contributed by atoms with Gasteiger partial charge in [0.25, 0.3) is 5.91 Å². The summed E-state index contributed by atoms with van der Waals surface area (Å²) in [5, 5.41) is 0. The molecule has 0 saturated carbocycles. The Morgan fingerprint density at radius 1 is 0.964 bits per heavy atom. The molecule has 140 valence electrons. The minimum absolute atomic E-state index is 0.0589. The van der Waals surface area contributed by atoms with Crippen molar-refractivity contribution in [3.8, 4) is 0 Å². The molecule has 0 atom stereocenters. The van der Waals surface area contributed by atoms with Crippen molar-refractivity contribution in [2.45, 2.75) is 11.4 Å². The molecular formula is C22H19N3O2S. The maximum Gasteiger partial charge on any atom is 0.267 e. The van der Waals surface area contributed by atoms with Crippen molar-refractivity contribution in [2.75, 3.05) is 17.2 Å². The molecule has 6 heteroatoms. The predicted octanol–water partition coefficient (Wildman–Crippen LogP) is 3.10. The molecule has 5 nitrogen and oxygen atoms in total. The lowest BCUT2D eigenvalue weighted by atomic mass is 10.2. The van der Waals surface area contributed by atoms with Crippen molar-refractivity contribution in [3.05, 3.63) is 90.0 Å². The molecule has 0 aliphatic carbocycles. The number of thioether (sulfide) groups is 1. The van der Waals surface area contributed by atoms with E-state index in [1.807, 2.05) is 83.6 Å². The molecule has 2 heterocycles. The summed E-state index contributed by atoms with van der Waals surface area (Å²) in [4.78, 5) is 31.8. The topological polar surface area (TPSA) is 54.7 Å². The molecule has 0 saturated heterocycles. The van der Waals surface area contributed by atoms with Crippen molar-refractivity contribution in [2.24, 2.45) is 4.99 Å². The van der Waals surface area contributed by atoms with Crippen LogP contribution in [0.1, 0.15) is 5.56 Å². The molecule has 2 aromatic carbocycles. The molecule has 1 aromatic heterocycles. The van der Waals surface area contributed by atoms with Gasteiger partial charge in [-0.05, 0) is 29.8 Å². The van der Waals surface area contributed by atoms with Crippen LogP contribution in [0.4, 0.5) is 5.69 Å². The molecule has 1 aliphatic rings. The third-order valence-corrected chi connectivity index (χ3v) is 5.50. The first-order valence-electron chi connectivity index (χ1n) is 9.00. The molecule has 0 bridgehead atoms. The molecule has 2 amide bonds. The summed E-state index contributed by atoms with van der Waals surface area (Å²) < 4.78 is 1.93. The summed E-state index contributed by atoms with van der Waals surface area (Å²) in [6.45, 7) is 0.562. The van der Waals surface area contributed by atoms with Gasteiger partial charge in [-0.3, -0.25) is 9.59 Å². The van der Waals surface area contributed by atoms with E-state index in [9.17, 15) is 9.59 Å². The highest BCUT2D eigenvalue weighted by Crippen LogP contribution is 2.34. The van der Waals surface area contributed by atoms with Gasteiger partial charge in [-0.2, -0.15) is 4.99 Å². The fourth-order valence-corrected chi connectivity index (χ4v) is 4.04. The highest BCUT2D eigenvalue weighted by Gasteiger charge is 2.26. The van der Waals surface area contributed by atoms with E-state index in [2.05, 4.69) is 4.99 Å². The predicted molar refractivity (Wildman–Crippen MR) is 110 cm³/mol. The van der Waals surface area contributed by atoms with E-state index >= 15 is 0 Å². The van der Waals surface area contributed by atoms with E-state index in [1.54, 1.807) is 0 Å². The summed E-state index contributed by atoms with van der Waals surface area (Å²) in [6, 6.07) is 23.2. The van der Waals surface area contributed by atoms with E-state index in [1.165, 1.54) is 16.7 Å². The zero-order valence-electron chi connectivity index (χ0n) is 15.2. The molecule has 0 unspecified atom stereocenters. The number of benzene rings is 2. The van der Waals surface area contributed by atoms with Crippen LogP contribution in [0.15, 0.2) is 88.9 Å². The van der Waals surface area contributed by atoms with Crippen LogP contribution in [0.3, 0.4) is 0 Å². The van der Waals surface area contributed by atoms with Gasteiger partial charge in [0, 0.05) is 17.6 Å². The average Bonchev–Trinajstić information content (AvgIpc) is 2.72. The minimum Gasteiger partial charge on any atom is -0.328 e. The fourth-order valence-electron chi connectivity index (χ4n) is 3.11. The molecule has 3 aromatic rings. The fraction of sp³-hybridized carbons (Fsp3) is 0.136. The highest BCUT2D eigenvalue weighted by atomic mass is 32.2. The number of carbonyl (C=O) groups is 2. The quantitative estimate of drug-likeness (QED) is 0.689. The van der Waals surface area contributed by atoms with E-state index < -0.39 is 0 Å². The van der Waals surface area contributed by atoms with Crippen LogP contribution >= 0.6 is 11.8 Å². The summed E-state index contributed by atoms with van der Waals surface area (Å²) in [7, 11) is 0. The number of hydrogen-bond acceptors (Lipinski definition) is 3. The van der Waals surface area contributed by atoms with E-state index in [-0.39, 0.29) is 18.4 Å². The second kappa shape index (κ2) is 8.27. The molecule has 0 N–H and O–H groups in total. The number of para-hydroxylation sites is 1. The van der Waals surface area contributed by atoms with Crippen molar-refractivity contribution in [1.82, 2.24) is 4.57 Å². The molecule has 0 spiro atoms. The number of pyridine rings is 1. The van der Waals surface area contributed by atoms with Crippen LogP contribution < -0.4 is 10.4 Å². The van der Waals surface area contributed by atoms with Crippen molar-refractivity contribution in [1.29, 1.82) is 0 Å². The number of aromatic nitrogens is 1. The van der Waals surface area contributed by atoms with Gasteiger partial charge >= 0.3 is 0 Å². The largest absolute Gasteiger partial charge is 0.328 e. The van der Waals surface area contributed by atoms with E-state index in [0.717, 1.165) is 16.1 Å². The summed E-state index contributed by atoms with van der Waals surface area (Å²) >= 11 is 1.50. The minimum atomic E-state index is -0.344. The Kier molecular flexibility index (Phi) is 5.39. The van der Waals surface area contributed by atoms with Gasteiger partial charge in [0.05, 0.1) is 11.4 Å². The number of amides is 2. The standard InChI is InChI=1S/C22H19N3O2S/c26-21(15-25-18-10-4-5-11-19(18)28-16-22(25)27)23-20-12-6-7-13-24(20)14-17-8-2-1-3-9-17/h1-13H,14-16H2. The molecule has 4 rings (SSSR count). The normalized spacial score (nSPS) is 14.1. The zero-order chi connectivity index (χ0) is 19.3. The maximum absolute atomic E-state index is 12.7. The first-order valence-corrected chi connectivity index (χ1v) is 9.98. The molecule has 0 radical (unpaired) electrons. The van der Waals surface area contributed by atoms with Crippen molar-refractivity contribution < 1.29 is 9.59 Å². The monoisotopic (exact) mass is 389 g/mol. The smallest absolute Gasteiger partial charge is 0.267 e. The van der Waals surface area contributed by atoms with Gasteiger partial charge in [0.15, 0.2) is 0 Å². The summed E-state index contributed by atoms with van der Waals surface area (Å²) in [5.74, 6) is -0.0792. The average molecular weight is 389 g/mol. The lowest BCUT2D eigenvalue weighted by molar-refractivity contribution is -0.121. The Morgan fingerprint density at radius 3 is 2.57 bits per heavy atom. The number of fused-ring (bicyclic) bond motifs is 1. The van der Waals surface area contributed by atoms with E-state index in [0.29, 0.717) is 17.8 Å². The Bertz CT molecular complexity index is 1080. The van der Waals surface area contributed by atoms with E-state index in [4.69, 9.17) is 0 Å². The third kappa shape index (κ3) is 4.07. The third-order valence-electron chi connectivity index (χ3n) is 4.45. The van der Waals surface area contributed by atoms with Crippen molar-refractivity contribution >= 4 is 29.3 Å². The molecular weight excluding hydrogens is 370 g/mol. The number of rotatable bonds is 4. The van der Waals surface area contributed by atoms with Crippen LogP contribution in [0, 0.1) is 0 Å². The SMILES string of the molecule is O=C(CN1C(=O)CSc2ccccc21)N=c1ccccn1Cc1ccccc1. The highest BCUT2D eigenvalue weighted by molar-refractivity contribution is 8.00. The number of carbonyl (C=O) groups excluding carboxylic acids is 2. The summed E-state index contributed by atoms with van der Waals surface area (Å²) in [6.07, 6.45) is 1.90. The Hall–Kier alpha value is -3.12. The van der Waals surface area contributed by atoms with Gasteiger partial charge in [0.1, 0.15) is 12.0 Å². The number of hydrogen-bond donors (Lipinski definition) is 0. The Balaban J connectivity index is 1.59. The van der Waals surface area contributed by atoms with Gasteiger partial charge in [-0.25, -0.2) is 0 Å². The second-order valence-corrected chi connectivity index (χ2v) is 7.43. The number of nitrogens with zero attached hydrogens (tertiary/aromatic N) is 3. The second-order valence-electron chi connectivity index (χ2n) is 6.41.